The number of benzene rings is 2. The molecule has 2 aromatic rings. The normalized spacial score (nSPS) is 14.1. The Morgan fingerprint density at radius 1 is 0.962 bits per heavy atom. The van der Waals surface area contributed by atoms with E-state index in [1.807, 2.05) is 29.2 Å². The first-order valence-electron chi connectivity index (χ1n) is 9.05. The van der Waals surface area contributed by atoms with Gasteiger partial charge in [0.05, 0.1) is 0 Å². The zero-order valence-corrected chi connectivity index (χ0v) is 15.5. The average Bonchev–Trinajstić information content (AvgIpc) is 2.69. The van der Waals surface area contributed by atoms with Crippen molar-refractivity contribution in [3.05, 3.63) is 70.2 Å². The lowest BCUT2D eigenvalue weighted by Crippen LogP contribution is -2.35. The summed E-state index contributed by atoms with van der Waals surface area (Å²) in [7, 11) is 0. The minimum Gasteiger partial charge on any atom is -0.352 e. The zero-order chi connectivity index (χ0) is 18.4. The molecular weight excluding hydrogens is 348 g/mol. The Labute approximate surface area is 159 Å². The second-order valence-corrected chi connectivity index (χ2v) is 7.00. The highest BCUT2D eigenvalue weighted by molar-refractivity contribution is 6.30. The predicted octanol–water partition coefficient (Wildman–Crippen LogP) is 3.94. The molecule has 5 heteroatoms. The molecule has 1 N–H and O–H groups in total. The van der Waals surface area contributed by atoms with E-state index in [4.69, 9.17) is 11.6 Å². The van der Waals surface area contributed by atoms with Gasteiger partial charge in [-0.1, -0.05) is 29.8 Å². The molecule has 26 heavy (non-hydrogen) atoms. The summed E-state index contributed by atoms with van der Waals surface area (Å²) in [6, 6.07) is 14.6. The molecule has 0 spiro atoms. The molecule has 0 aliphatic carbocycles. The first-order chi connectivity index (χ1) is 12.6. The van der Waals surface area contributed by atoms with Crippen molar-refractivity contribution in [2.24, 2.45) is 0 Å². The summed E-state index contributed by atoms with van der Waals surface area (Å²) in [6.07, 6.45) is 4.02. The first-order valence-corrected chi connectivity index (χ1v) is 9.43. The van der Waals surface area contributed by atoms with E-state index in [2.05, 4.69) is 5.32 Å². The molecule has 0 atom stereocenters. The Bertz CT molecular complexity index is 768. The van der Waals surface area contributed by atoms with Crippen LogP contribution in [0.15, 0.2) is 48.5 Å². The number of nitrogens with one attached hydrogen (secondary N) is 1. The van der Waals surface area contributed by atoms with Crippen molar-refractivity contribution in [3.8, 4) is 0 Å². The third-order valence-corrected chi connectivity index (χ3v) is 4.88. The molecule has 0 radical (unpaired) electrons. The number of halogens is 1. The smallest absolute Gasteiger partial charge is 0.253 e. The molecule has 0 bridgehead atoms. The van der Waals surface area contributed by atoms with Gasteiger partial charge in [0, 0.05) is 35.8 Å². The third kappa shape index (κ3) is 4.85. The predicted molar refractivity (Wildman–Crippen MR) is 104 cm³/mol. The van der Waals surface area contributed by atoms with Crippen LogP contribution in [0.2, 0.25) is 5.02 Å². The van der Waals surface area contributed by atoms with Gasteiger partial charge in [0.25, 0.3) is 11.8 Å². The standard InChI is InChI=1S/C21H23ClN2O2/c22-19-9-7-16(8-10-19)11-12-23-20(25)17-5-4-6-18(15-17)21(26)24-13-2-1-3-14-24/h4-10,15H,1-3,11-14H2,(H,23,25). The van der Waals surface area contributed by atoms with E-state index in [0.29, 0.717) is 22.7 Å². The van der Waals surface area contributed by atoms with Crippen molar-refractivity contribution in [1.29, 1.82) is 0 Å². The van der Waals surface area contributed by atoms with Crippen LogP contribution in [0.5, 0.6) is 0 Å². The van der Waals surface area contributed by atoms with Crippen LogP contribution >= 0.6 is 11.6 Å². The van der Waals surface area contributed by atoms with Gasteiger partial charge >= 0.3 is 0 Å². The maximum atomic E-state index is 12.6. The van der Waals surface area contributed by atoms with Crippen molar-refractivity contribution in [1.82, 2.24) is 10.2 Å². The minimum absolute atomic E-state index is 0.0144. The van der Waals surface area contributed by atoms with Gasteiger partial charge in [-0.15, -0.1) is 0 Å². The fraction of sp³-hybridized carbons (Fsp3) is 0.333. The van der Waals surface area contributed by atoms with E-state index in [-0.39, 0.29) is 11.8 Å². The van der Waals surface area contributed by atoms with Gasteiger partial charge in [-0.05, 0) is 61.6 Å². The molecule has 3 rings (SSSR count). The van der Waals surface area contributed by atoms with Crippen molar-refractivity contribution < 1.29 is 9.59 Å². The van der Waals surface area contributed by atoms with Gasteiger partial charge in [0.15, 0.2) is 0 Å². The molecule has 0 saturated carbocycles. The SMILES string of the molecule is O=C(NCCc1ccc(Cl)cc1)c1cccc(C(=O)N2CCCCC2)c1. The number of likely N-dealkylation sites (tertiary alicyclic amines) is 1. The van der Waals surface area contributed by atoms with Crippen LogP contribution in [0.25, 0.3) is 0 Å². The summed E-state index contributed by atoms with van der Waals surface area (Å²) >= 11 is 5.87. The van der Waals surface area contributed by atoms with Crippen LogP contribution < -0.4 is 5.32 Å². The molecule has 1 heterocycles. The molecule has 1 saturated heterocycles. The number of piperidine rings is 1. The van der Waals surface area contributed by atoms with Crippen LogP contribution in [0.3, 0.4) is 0 Å². The van der Waals surface area contributed by atoms with Gasteiger partial charge in [-0.3, -0.25) is 9.59 Å². The molecule has 1 aliphatic rings. The third-order valence-electron chi connectivity index (χ3n) is 4.63. The van der Waals surface area contributed by atoms with Gasteiger partial charge < -0.3 is 10.2 Å². The van der Waals surface area contributed by atoms with E-state index >= 15 is 0 Å². The van der Waals surface area contributed by atoms with Crippen LogP contribution in [0, 0.1) is 0 Å². The number of hydrogen-bond donors (Lipinski definition) is 1. The van der Waals surface area contributed by atoms with Crippen molar-refractivity contribution in [2.75, 3.05) is 19.6 Å². The van der Waals surface area contributed by atoms with E-state index < -0.39 is 0 Å². The fourth-order valence-electron chi connectivity index (χ4n) is 3.15. The Hall–Kier alpha value is -2.33. The molecule has 0 unspecified atom stereocenters. The lowest BCUT2D eigenvalue weighted by atomic mass is 10.1. The average molecular weight is 371 g/mol. The maximum Gasteiger partial charge on any atom is 0.253 e. The van der Waals surface area contributed by atoms with Crippen LogP contribution in [0.4, 0.5) is 0 Å². The number of hydrogen-bond acceptors (Lipinski definition) is 2. The van der Waals surface area contributed by atoms with E-state index in [1.54, 1.807) is 24.3 Å². The fourth-order valence-corrected chi connectivity index (χ4v) is 3.27. The number of amides is 2. The Morgan fingerprint density at radius 3 is 2.38 bits per heavy atom. The number of rotatable bonds is 5. The molecule has 4 nitrogen and oxygen atoms in total. The van der Waals surface area contributed by atoms with Crippen molar-refractivity contribution >= 4 is 23.4 Å². The van der Waals surface area contributed by atoms with Gasteiger partial charge in [-0.2, -0.15) is 0 Å². The summed E-state index contributed by atoms with van der Waals surface area (Å²) in [6.45, 7) is 2.14. The summed E-state index contributed by atoms with van der Waals surface area (Å²) in [4.78, 5) is 26.8. The van der Waals surface area contributed by atoms with Crippen LogP contribution in [-0.2, 0) is 6.42 Å². The number of carbonyl (C=O) groups is 2. The molecule has 136 valence electrons. The Balaban J connectivity index is 1.57. The molecule has 2 aromatic carbocycles. The molecule has 1 aliphatic heterocycles. The number of carbonyl (C=O) groups excluding carboxylic acids is 2. The second-order valence-electron chi connectivity index (χ2n) is 6.57. The van der Waals surface area contributed by atoms with Crippen LogP contribution in [-0.4, -0.2) is 36.3 Å². The quantitative estimate of drug-likeness (QED) is 0.866. The van der Waals surface area contributed by atoms with E-state index in [1.165, 1.54) is 6.42 Å². The summed E-state index contributed by atoms with van der Waals surface area (Å²) < 4.78 is 0. The first kappa shape index (κ1) is 18.5. The molecule has 1 fully saturated rings. The maximum absolute atomic E-state index is 12.6. The summed E-state index contributed by atoms with van der Waals surface area (Å²) in [5, 5.41) is 3.61. The minimum atomic E-state index is -0.160. The number of nitrogens with zero attached hydrogens (tertiary/aromatic N) is 1. The van der Waals surface area contributed by atoms with Crippen LogP contribution in [0.1, 0.15) is 45.5 Å². The van der Waals surface area contributed by atoms with Crippen molar-refractivity contribution in [2.45, 2.75) is 25.7 Å². The second kappa shape index (κ2) is 8.86. The molecule has 2 amide bonds. The van der Waals surface area contributed by atoms with E-state index in [9.17, 15) is 9.59 Å². The van der Waals surface area contributed by atoms with Gasteiger partial charge in [0.2, 0.25) is 0 Å². The highest BCUT2D eigenvalue weighted by Gasteiger charge is 2.19. The monoisotopic (exact) mass is 370 g/mol. The molecular formula is C21H23ClN2O2. The lowest BCUT2D eigenvalue weighted by Gasteiger charge is -2.26. The highest BCUT2D eigenvalue weighted by atomic mass is 35.5. The highest BCUT2D eigenvalue weighted by Crippen LogP contribution is 2.14. The zero-order valence-electron chi connectivity index (χ0n) is 14.7. The van der Waals surface area contributed by atoms with Gasteiger partial charge in [0.1, 0.15) is 0 Å². The lowest BCUT2D eigenvalue weighted by molar-refractivity contribution is 0.0724. The van der Waals surface area contributed by atoms with E-state index in [0.717, 1.165) is 37.9 Å². The topological polar surface area (TPSA) is 49.4 Å². The summed E-state index contributed by atoms with van der Waals surface area (Å²) in [5.41, 5.74) is 2.21. The van der Waals surface area contributed by atoms with Crippen molar-refractivity contribution in [3.63, 3.8) is 0 Å². The Morgan fingerprint density at radius 2 is 1.65 bits per heavy atom. The largest absolute Gasteiger partial charge is 0.352 e. The Kier molecular flexibility index (Phi) is 6.29. The summed E-state index contributed by atoms with van der Waals surface area (Å²) in [5.74, 6) is -0.146. The van der Waals surface area contributed by atoms with Gasteiger partial charge in [-0.25, -0.2) is 0 Å². The molecule has 0 aromatic heterocycles.